The van der Waals surface area contributed by atoms with Crippen molar-refractivity contribution in [3.8, 4) is 12.1 Å². The third-order valence-electron chi connectivity index (χ3n) is 4.90. The average Bonchev–Trinajstić information content (AvgIpc) is 3.20. The summed E-state index contributed by atoms with van der Waals surface area (Å²) in [4.78, 5) is 16.0. The van der Waals surface area contributed by atoms with Gasteiger partial charge in [0.25, 0.3) is 0 Å². The number of rotatable bonds is 0. The SMILES string of the molecule is CC(C)(C)OC(=O)N1CCc2sc(N)c(C#N)c2C1.N#Cc1c(N)sc2c1CNCC2. The normalized spacial score (nSPS) is 14.9. The highest BCUT2D eigenvalue weighted by atomic mass is 32.1. The minimum absolute atomic E-state index is 0.341. The lowest BCUT2D eigenvalue weighted by Gasteiger charge is -2.30. The van der Waals surface area contributed by atoms with Gasteiger partial charge in [-0.25, -0.2) is 4.79 Å². The fourth-order valence-corrected chi connectivity index (χ4v) is 5.53. The number of nitrogens with zero attached hydrogens (tertiary/aromatic N) is 3. The molecule has 5 N–H and O–H groups in total. The van der Waals surface area contributed by atoms with Crippen LogP contribution in [-0.2, 0) is 30.7 Å². The maximum absolute atomic E-state index is 12.0. The summed E-state index contributed by atoms with van der Waals surface area (Å²) in [7, 11) is 0. The topological polar surface area (TPSA) is 141 Å². The predicted octanol–water partition coefficient (Wildman–Crippen LogP) is 3.34. The van der Waals surface area contributed by atoms with Gasteiger partial charge in [0.05, 0.1) is 17.7 Å². The molecule has 4 rings (SSSR count). The first-order chi connectivity index (χ1) is 14.6. The molecule has 2 aromatic rings. The fourth-order valence-electron chi connectivity index (χ4n) is 3.47. The number of nitrogens with two attached hydrogens (primary N) is 2. The number of fused-ring (bicyclic) bond motifs is 2. The lowest BCUT2D eigenvalue weighted by Crippen LogP contribution is -2.39. The van der Waals surface area contributed by atoms with Gasteiger partial charge >= 0.3 is 6.09 Å². The van der Waals surface area contributed by atoms with E-state index in [-0.39, 0.29) is 6.09 Å². The zero-order valence-electron chi connectivity index (χ0n) is 17.9. The smallest absolute Gasteiger partial charge is 0.410 e. The van der Waals surface area contributed by atoms with Crippen molar-refractivity contribution >= 4 is 38.8 Å². The molecule has 0 unspecified atom stereocenters. The van der Waals surface area contributed by atoms with Crippen LogP contribution in [0.3, 0.4) is 0 Å². The van der Waals surface area contributed by atoms with Gasteiger partial charge in [-0.15, -0.1) is 22.7 Å². The standard InChI is InChI=1S/C13H17N3O2S.C8H9N3S/c1-13(2,3)18-12(17)16-5-4-10-9(7-16)8(6-14)11(15)19-10;9-3-5-6-4-11-2-1-7(6)12-8(5)10/h4-5,7,15H2,1-3H3;11H,1-2,4,10H2. The van der Waals surface area contributed by atoms with E-state index in [0.29, 0.717) is 34.2 Å². The number of hydrogen-bond donors (Lipinski definition) is 3. The number of nitrogens with one attached hydrogen (secondary N) is 1. The first-order valence-electron chi connectivity index (χ1n) is 9.93. The molecule has 0 bridgehead atoms. The molecule has 0 saturated heterocycles. The van der Waals surface area contributed by atoms with Gasteiger partial charge in [0.2, 0.25) is 0 Å². The van der Waals surface area contributed by atoms with E-state index < -0.39 is 5.60 Å². The average molecular weight is 459 g/mol. The summed E-state index contributed by atoms with van der Waals surface area (Å²) < 4.78 is 5.35. The Hall–Kier alpha value is -2.79. The van der Waals surface area contributed by atoms with Crippen molar-refractivity contribution in [3.63, 3.8) is 0 Å². The van der Waals surface area contributed by atoms with E-state index >= 15 is 0 Å². The first-order valence-corrected chi connectivity index (χ1v) is 11.6. The van der Waals surface area contributed by atoms with Crippen LogP contribution in [0.2, 0.25) is 0 Å². The second kappa shape index (κ2) is 9.15. The van der Waals surface area contributed by atoms with Crippen molar-refractivity contribution in [2.75, 3.05) is 24.6 Å². The van der Waals surface area contributed by atoms with Crippen LogP contribution in [-0.4, -0.2) is 29.7 Å². The van der Waals surface area contributed by atoms with Crippen molar-refractivity contribution in [1.82, 2.24) is 10.2 Å². The van der Waals surface area contributed by atoms with Crippen LogP contribution in [0.5, 0.6) is 0 Å². The third kappa shape index (κ3) is 5.10. The highest BCUT2D eigenvalue weighted by Gasteiger charge is 2.29. The highest BCUT2D eigenvalue weighted by molar-refractivity contribution is 7.16. The molecule has 0 radical (unpaired) electrons. The van der Waals surface area contributed by atoms with Gasteiger partial charge in [0.1, 0.15) is 27.7 Å². The highest BCUT2D eigenvalue weighted by Crippen LogP contribution is 2.35. The van der Waals surface area contributed by atoms with E-state index in [1.165, 1.54) is 16.2 Å². The summed E-state index contributed by atoms with van der Waals surface area (Å²) >= 11 is 3.00. The number of nitrogen functional groups attached to an aromatic ring is 2. The maximum Gasteiger partial charge on any atom is 0.410 e. The van der Waals surface area contributed by atoms with Crippen LogP contribution >= 0.6 is 22.7 Å². The molecular formula is C21H26N6O2S2. The number of ether oxygens (including phenoxy) is 1. The number of hydrogen-bond acceptors (Lipinski definition) is 9. The molecule has 4 heterocycles. The Morgan fingerprint density at radius 1 is 1.06 bits per heavy atom. The number of carbonyl (C=O) groups excluding carboxylic acids is 1. The molecule has 2 aliphatic heterocycles. The summed E-state index contributed by atoms with van der Waals surface area (Å²) in [5.74, 6) is 0. The Morgan fingerprint density at radius 2 is 1.65 bits per heavy atom. The molecule has 0 fully saturated rings. The number of thiophene rings is 2. The Labute approximate surface area is 190 Å². The molecule has 2 aromatic heterocycles. The van der Waals surface area contributed by atoms with Crippen molar-refractivity contribution in [2.24, 2.45) is 0 Å². The van der Waals surface area contributed by atoms with Crippen molar-refractivity contribution in [1.29, 1.82) is 10.5 Å². The molecule has 1 amide bonds. The van der Waals surface area contributed by atoms with E-state index in [9.17, 15) is 4.79 Å². The molecule has 0 atom stereocenters. The quantitative estimate of drug-likeness (QED) is 0.549. The molecule has 164 valence electrons. The van der Waals surface area contributed by atoms with E-state index in [1.807, 2.05) is 20.8 Å². The van der Waals surface area contributed by atoms with Crippen LogP contribution in [0.25, 0.3) is 0 Å². The number of nitriles is 2. The Balaban J connectivity index is 0.000000194. The number of anilines is 2. The minimum Gasteiger partial charge on any atom is -0.444 e. The third-order valence-corrected chi connectivity index (χ3v) is 7.14. The summed E-state index contributed by atoms with van der Waals surface area (Å²) in [5, 5.41) is 22.4. The Morgan fingerprint density at radius 3 is 2.23 bits per heavy atom. The minimum atomic E-state index is -0.511. The molecule has 31 heavy (non-hydrogen) atoms. The van der Waals surface area contributed by atoms with E-state index in [0.717, 1.165) is 41.9 Å². The lowest BCUT2D eigenvalue weighted by molar-refractivity contribution is 0.0225. The lowest BCUT2D eigenvalue weighted by atomic mass is 10.1. The van der Waals surface area contributed by atoms with Gasteiger partial charge in [-0.2, -0.15) is 10.5 Å². The maximum atomic E-state index is 12.0. The van der Waals surface area contributed by atoms with Crippen LogP contribution in [0, 0.1) is 22.7 Å². The first kappa shape index (κ1) is 22.9. The summed E-state index contributed by atoms with van der Waals surface area (Å²) in [5.41, 5.74) is 14.2. The zero-order chi connectivity index (χ0) is 22.8. The van der Waals surface area contributed by atoms with E-state index in [2.05, 4.69) is 17.5 Å². The zero-order valence-corrected chi connectivity index (χ0v) is 19.5. The summed E-state index contributed by atoms with van der Waals surface area (Å²) in [6.07, 6.45) is 1.39. The second-order valence-corrected chi connectivity index (χ2v) is 10.6. The Kier molecular flexibility index (Phi) is 6.75. The molecule has 10 heteroatoms. The van der Waals surface area contributed by atoms with Crippen LogP contribution in [0.4, 0.5) is 14.8 Å². The fraction of sp³-hybridized carbons (Fsp3) is 0.476. The largest absolute Gasteiger partial charge is 0.444 e. The van der Waals surface area contributed by atoms with E-state index in [4.69, 9.17) is 26.7 Å². The van der Waals surface area contributed by atoms with Gasteiger partial charge in [0, 0.05) is 41.4 Å². The molecule has 0 saturated carbocycles. The van der Waals surface area contributed by atoms with Crippen molar-refractivity contribution < 1.29 is 9.53 Å². The number of carbonyl (C=O) groups is 1. The van der Waals surface area contributed by atoms with Gasteiger partial charge in [-0.1, -0.05) is 0 Å². The molecule has 0 spiro atoms. The monoisotopic (exact) mass is 458 g/mol. The predicted molar refractivity (Wildman–Crippen MR) is 123 cm³/mol. The van der Waals surface area contributed by atoms with Crippen LogP contribution in [0.15, 0.2) is 0 Å². The second-order valence-electron chi connectivity index (χ2n) is 8.29. The number of amides is 1. The molecular weight excluding hydrogens is 432 g/mol. The van der Waals surface area contributed by atoms with Crippen LogP contribution < -0.4 is 16.8 Å². The summed E-state index contributed by atoms with van der Waals surface area (Å²) in [6.45, 7) is 8.31. The molecule has 0 aliphatic carbocycles. The van der Waals surface area contributed by atoms with Gasteiger partial charge in [-0.3, -0.25) is 0 Å². The Bertz CT molecular complexity index is 1070. The molecule has 2 aliphatic rings. The van der Waals surface area contributed by atoms with Crippen molar-refractivity contribution in [2.45, 2.75) is 52.3 Å². The van der Waals surface area contributed by atoms with Gasteiger partial charge in [0.15, 0.2) is 0 Å². The van der Waals surface area contributed by atoms with Gasteiger partial charge < -0.3 is 26.4 Å². The van der Waals surface area contributed by atoms with Crippen molar-refractivity contribution in [3.05, 3.63) is 32.0 Å². The van der Waals surface area contributed by atoms with Crippen LogP contribution in [0.1, 0.15) is 52.8 Å². The molecule has 0 aromatic carbocycles. The van der Waals surface area contributed by atoms with E-state index in [1.54, 1.807) is 16.2 Å². The molecule has 8 nitrogen and oxygen atoms in total. The summed E-state index contributed by atoms with van der Waals surface area (Å²) in [6, 6.07) is 4.27. The van der Waals surface area contributed by atoms with Gasteiger partial charge in [-0.05, 0) is 32.8 Å².